The van der Waals surface area contributed by atoms with Crippen LogP contribution in [0, 0.1) is 0 Å². The molecule has 0 spiro atoms. The van der Waals surface area contributed by atoms with Crippen LogP contribution in [0.2, 0.25) is 0 Å². The van der Waals surface area contributed by atoms with Gasteiger partial charge in [-0.15, -0.1) is 0 Å². The van der Waals surface area contributed by atoms with Crippen LogP contribution < -0.4 is 10.6 Å². The van der Waals surface area contributed by atoms with Crippen molar-refractivity contribution in [1.82, 2.24) is 15.5 Å². The molecule has 5 heteroatoms. The first-order valence-corrected chi connectivity index (χ1v) is 5.14. The van der Waals surface area contributed by atoms with Gasteiger partial charge in [0.05, 0.1) is 6.04 Å². The molecule has 2 N–H and O–H groups in total. The normalized spacial score (nSPS) is 12.0. The van der Waals surface area contributed by atoms with E-state index in [1.807, 2.05) is 6.92 Å². The van der Waals surface area contributed by atoms with Crippen molar-refractivity contribution >= 4 is 11.8 Å². The zero-order valence-corrected chi connectivity index (χ0v) is 9.96. The molecule has 2 amide bonds. The smallest absolute Gasteiger partial charge is 0.238 e. The third-order valence-corrected chi connectivity index (χ3v) is 2.12. The average Bonchev–Trinajstić information content (AvgIpc) is 2.22. The molecule has 0 saturated heterocycles. The highest BCUT2D eigenvalue weighted by molar-refractivity contribution is 5.80. The lowest BCUT2D eigenvalue weighted by molar-refractivity contribution is -0.130. The minimum atomic E-state index is -0.190. The van der Waals surface area contributed by atoms with E-state index < -0.39 is 0 Å². The van der Waals surface area contributed by atoms with Gasteiger partial charge in [-0.05, 0) is 19.9 Å². The summed E-state index contributed by atoms with van der Waals surface area (Å²) in [5.74, 6) is 0.0818. The van der Waals surface area contributed by atoms with Gasteiger partial charge in [-0.3, -0.25) is 9.59 Å². The zero-order chi connectivity index (χ0) is 11.8. The zero-order valence-electron chi connectivity index (χ0n) is 9.96. The molecule has 0 saturated carbocycles. The molecule has 0 bridgehead atoms. The maximum Gasteiger partial charge on any atom is 0.238 e. The Kier molecular flexibility index (Phi) is 6.70. The second-order valence-electron chi connectivity index (χ2n) is 3.69. The lowest BCUT2D eigenvalue weighted by Gasteiger charge is -2.17. The summed E-state index contributed by atoms with van der Waals surface area (Å²) < 4.78 is 0. The highest BCUT2D eigenvalue weighted by atomic mass is 16.2. The Morgan fingerprint density at radius 3 is 2.40 bits per heavy atom. The number of carbonyl (C=O) groups is 2. The molecule has 15 heavy (non-hydrogen) atoms. The molecule has 0 radical (unpaired) electrons. The minimum absolute atomic E-state index is 0.0309. The maximum absolute atomic E-state index is 11.4. The summed E-state index contributed by atoms with van der Waals surface area (Å²) >= 11 is 0. The van der Waals surface area contributed by atoms with E-state index in [0.717, 1.165) is 6.42 Å². The lowest BCUT2D eigenvalue weighted by Crippen LogP contribution is -2.41. The molecule has 1 atom stereocenters. The van der Waals surface area contributed by atoms with Crippen molar-refractivity contribution < 1.29 is 9.59 Å². The predicted molar refractivity (Wildman–Crippen MR) is 59.5 cm³/mol. The molecule has 88 valence electrons. The van der Waals surface area contributed by atoms with Crippen molar-refractivity contribution in [3.63, 3.8) is 0 Å². The molecule has 0 aromatic carbocycles. The topological polar surface area (TPSA) is 61.4 Å². The third kappa shape index (κ3) is 6.06. The van der Waals surface area contributed by atoms with Crippen molar-refractivity contribution in [2.45, 2.75) is 25.8 Å². The largest absolute Gasteiger partial charge is 0.359 e. The van der Waals surface area contributed by atoms with Gasteiger partial charge in [0.2, 0.25) is 11.8 Å². The van der Waals surface area contributed by atoms with Gasteiger partial charge in [-0.1, -0.05) is 0 Å². The Bertz CT molecular complexity index is 217. The molecule has 0 aliphatic rings. The van der Waals surface area contributed by atoms with Crippen LogP contribution in [0.1, 0.15) is 19.8 Å². The first-order chi connectivity index (χ1) is 6.99. The van der Waals surface area contributed by atoms with Crippen LogP contribution in [0.3, 0.4) is 0 Å². The summed E-state index contributed by atoms with van der Waals surface area (Å²) in [5.41, 5.74) is 0. The van der Waals surface area contributed by atoms with Crippen molar-refractivity contribution in [2.75, 3.05) is 27.7 Å². The van der Waals surface area contributed by atoms with Gasteiger partial charge in [0.15, 0.2) is 0 Å². The average molecular weight is 215 g/mol. The van der Waals surface area contributed by atoms with Crippen LogP contribution in [0.5, 0.6) is 0 Å². The van der Waals surface area contributed by atoms with E-state index in [1.54, 1.807) is 26.0 Å². The Morgan fingerprint density at radius 1 is 1.33 bits per heavy atom. The Labute approximate surface area is 91.2 Å². The Hall–Kier alpha value is -1.10. The van der Waals surface area contributed by atoms with Gasteiger partial charge >= 0.3 is 0 Å². The Balaban J connectivity index is 3.59. The molecule has 0 rings (SSSR count). The number of rotatable bonds is 6. The fraction of sp³-hybridized carbons (Fsp3) is 0.800. The lowest BCUT2D eigenvalue weighted by atomic mass is 10.2. The van der Waals surface area contributed by atoms with E-state index in [-0.39, 0.29) is 17.9 Å². The number of amides is 2. The number of carbonyl (C=O) groups excluding carboxylic acids is 2. The van der Waals surface area contributed by atoms with Crippen LogP contribution in [-0.2, 0) is 9.59 Å². The van der Waals surface area contributed by atoms with E-state index >= 15 is 0 Å². The number of likely N-dealkylation sites (N-methyl/N-ethyl adjacent to an activating group) is 1. The molecule has 0 aromatic rings. The van der Waals surface area contributed by atoms with Crippen molar-refractivity contribution in [1.29, 1.82) is 0 Å². The van der Waals surface area contributed by atoms with Gasteiger partial charge in [-0.25, -0.2) is 0 Å². The summed E-state index contributed by atoms with van der Waals surface area (Å²) in [6.07, 6.45) is 1.23. The second-order valence-corrected chi connectivity index (χ2v) is 3.69. The van der Waals surface area contributed by atoms with E-state index in [9.17, 15) is 9.59 Å². The number of hydrogen-bond donors (Lipinski definition) is 2. The molecule has 5 nitrogen and oxygen atoms in total. The van der Waals surface area contributed by atoms with Gasteiger partial charge in [0.25, 0.3) is 0 Å². The first kappa shape index (κ1) is 13.9. The molecular weight excluding hydrogens is 194 g/mol. The van der Waals surface area contributed by atoms with Crippen LogP contribution in [-0.4, -0.2) is 50.4 Å². The molecule has 0 fully saturated rings. The van der Waals surface area contributed by atoms with E-state index in [1.165, 1.54) is 0 Å². The summed E-state index contributed by atoms with van der Waals surface area (Å²) in [6.45, 7) is 2.50. The monoisotopic (exact) mass is 215 g/mol. The SMILES string of the molecule is CNC(=O)CCCNC(C)C(=O)N(C)C. The van der Waals surface area contributed by atoms with Crippen LogP contribution in [0.4, 0.5) is 0 Å². The highest BCUT2D eigenvalue weighted by Gasteiger charge is 2.13. The molecule has 1 unspecified atom stereocenters. The number of nitrogens with one attached hydrogen (secondary N) is 2. The Morgan fingerprint density at radius 2 is 1.93 bits per heavy atom. The van der Waals surface area contributed by atoms with Gasteiger partial charge in [-0.2, -0.15) is 0 Å². The molecule has 0 heterocycles. The summed E-state index contributed by atoms with van der Waals surface area (Å²) in [4.78, 5) is 23.8. The van der Waals surface area contributed by atoms with Crippen LogP contribution in [0.25, 0.3) is 0 Å². The quantitative estimate of drug-likeness (QED) is 0.592. The molecule has 0 aromatic heterocycles. The molecule has 0 aliphatic carbocycles. The van der Waals surface area contributed by atoms with Gasteiger partial charge < -0.3 is 15.5 Å². The van der Waals surface area contributed by atoms with E-state index in [2.05, 4.69) is 10.6 Å². The maximum atomic E-state index is 11.4. The summed E-state index contributed by atoms with van der Waals surface area (Å²) in [6, 6.07) is -0.190. The van der Waals surface area contributed by atoms with Gasteiger partial charge in [0, 0.05) is 27.6 Å². The third-order valence-electron chi connectivity index (χ3n) is 2.12. The van der Waals surface area contributed by atoms with Crippen LogP contribution >= 0.6 is 0 Å². The van der Waals surface area contributed by atoms with Crippen molar-refractivity contribution in [2.24, 2.45) is 0 Å². The molecular formula is C10H21N3O2. The second kappa shape index (κ2) is 7.23. The fourth-order valence-corrected chi connectivity index (χ4v) is 1.17. The standard InChI is InChI=1S/C10H21N3O2/c1-8(10(15)13(3)4)12-7-5-6-9(14)11-2/h8,12H,5-7H2,1-4H3,(H,11,14). The van der Waals surface area contributed by atoms with Crippen LogP contribution in [0.15, 0.2) is 0 Å². The summed E-state index contributed by atoms with van der Waals surface area (Å²) in [7, 11) is 5.07. The number of nitrogens with zero attached hydrogens (tertiary/aromatic N) is 1. The predicted octanol–water partition coefficient (Wildman–Crippen LogP) is -0.421. The number of hydrogen-bond acceptors (Lipinski definition) is 3. The van der Waals surface area contributed by atoms with E-state index in [0.29, 0.717) is 13.0 Å². The minimum Gasteiger partial charge on any atom is -0.359 e. The van der Waals surface area contributed by atoms with E-state index in [4.69, 9.17) is 0 Å². The highest BCUT2D eigenvalue weighted by Crippen LogP contribution is 1.91. The first-order valence-electron chi connectivity index (χ1n) is 5.14. The fourth-order valence-electron chi connectivity index (χ4n) is 1.17. The summed E-state index contributed by atoms with van der Waals surface area (Å²) in [5, 5.41) is 5.62. The van der Waals surface area contributed by atoms with Gasteiger partial charge in [0.1, 0.15) is 0 Å². The van der Waals surface area contributed by atoms with Crippen molar-refractivity contribution in [3.8, 4) is 0 Å². The molecule has 0 aliphatic heterocycles. The van der Waals surface area contributed by atoms with Crippen molar-refractivity contribution in [3.05, 3.63) is 0 Å².